The van der Waals surface area contributed by atoms with Crippen molar-refractivity contribution in [3.05, 3.63) is 32.5 Å². The molecule has 0 amide bonds. The van der Waals surface area contributed by atoms with Gasteiger partial charge in [0.15, 0.2) is 6.20 Å². The van der Waals surface area contributed by atoms with Crippen LogP contribution in [0.25, 0.3) is 0 Å². The third kappa shape index (κ3) is 1.48. The molecule has 0 aliphatic heterocycles. The van der Waals surface area contributed by atoms with Gasteiger partial charge in [0.2, 0.25) is 0 Å². The molecular formula is C4H2N4O4. The fourth-order valence-electron chi connectivity index (χ4n) is 0.535. The summed E-state index contributed by atoms with van der Waals surface area (Å²) < 4.78 is 0. The Morgan fingerprint density at radius 3 is 2.42 bits per heavy atom. The van der Waals surface area contributed by atoms with Crippen molar-refractivity contribution in [2.45, 2.75) is 0 Å². The molecule has 0 N–H and O–H groups in total. The minimum Gasteiger partial charge on any atom is -0.358 e. The zero-order chi connectivity index (χ0) is 9.14. The van der Waals surface area contributed by atoms with Crippen molar-refractivity contribution in [2.24, 2.45) is 0 Å². The summed E-state index contributed by atoms with van der Waals surface area (Å²) in [6.45, 7) is 0. The standard InChI is InChI=1S/C4H2N4O4/c9-7(10)3-1-4(8(11)12)6-5-2-3/h1-2H. The van der Waals surface area contributed by atoms with E-state index in [0.717, 1.165) is 12.3 Å². The number of nitro groups is 2. The molecule has 0 bridgehead atoms. The molecule has 0 aromatic carbocycles. The van der Waals surface area contributed by atoms with E-state index in [1.165, 1.54) is 0 Å². The molecule has 0 aliphatic carbocycles. The molecule has 62 valence electrons. The average Bonchev–Trinajstić information content (AvgIpc) is 2.04. The first-order valence-electron chi connectivity index (χ1n) is 2.73. The SMILES string of the molecule is O=[N+]([O-])c1cnnc([N+](=O)[O-])c1. The largest absolute Gasteiger partial charge is 0.397 e. The average molecular weight is 170 g/mol. The van der Waals surface area contributed by atoms with Gasteiger partial charge < -0.3 is 10.1 Å². The normalized spacial score (nSPS) is 9.33. The predicted molar refractivity (Wildman–Crippen MR) is 35.3 cm³/mol. The van der Waals surface area contributed by atoms with Crippen molar-refractivity contribution in [3.63, 3.8) is 0 Å². The Labute approximate surface area is 65.1 Å². The Morgan fingerprint density at radius 1 is 1.25 bits per heavy atom. The second-order valence-electron chi connectivity index (χ2n) is 1.79. The lowest BCUT2D eigenvalue weighted by molar-refractivity contribution is -0.398. The minimum absolute atomic E-state index is 0.447. The van der Waals surface area contributed by atoms with E-state index in [-0.39, 0.29) is 0 Å². The van der Waals surface area contributed by atoms with Crippen LogP contribution in [0.5, 0.6) is 0 Å². The molecule has 1 heterocycles. The molecule has 8 heteroatoms. The maximum absolute atomic E-state index is 10.1. The molecule has 0 unspecified atom stereocenters. The predicted octanol–water partition coefficient (Wildman–Crippen LogP) is 0.293. The van der Waals surface area contributed by atoms with Gasteiger partial charge in [0, 0.05) is 0 Å². The van der Waals surface area contributed by atoms with Gasteiger partial charge in [-0.3, -0.25) is 10.1 Å². The first-order valence-corrected chi connectivity index (χ1v) is 2.73. The van der Waals surface area contributed by atoms with E-state index in [1.54, 1.807) is 0 Å². The zero-order valence-electron chi connectivity index (χ0n) is 5.58. The first kappa shape index (κ1) is 7.98. The molecule has 0 spiro atoms. The highest BCUT2D eigenvalue weighted by atomic mass is 16.6. The Morgan fingerprint density at radius 2 is 1.92 bits per heavy atom. The van der Waals surface area contributed by atoms with Crippen LogP contribution in [0.15, 0.2) is 12.3 Å². The molecule has 0 atom stereocenters. The maximum atomic E-state index is 10.1. The van der Waals surface area contributed by atoms with E-state index >= 15 is 0 Å². The third-order valence-corrected chi connectivity index (χ3v) is 1.03. The summed E-state index contributed by atoms with van der Waals surface area (Å²) in [5, 5.41) is 26.3. The topological polar surface area (TPSA) is 112 Å². The quantitative estimate of drug-likeness (QED) is 0.465. The molecule has 0 saturated heterocycles. The molecule has 0 saturated carbocycles. The van der Waals surface area contributed by atoms with Crippen LogP contribution < -0.4 is 0 Å². The monoisotopic (exact) mass is 170 g/mol. The Kier molecular flexibility index (Phi) is 1.90. The van der Waals surface area contributed by atoms with Crippen LogP contribution in [0, 0.1) is 20.2 Å². The van der Waals surface area contributed by atoms with Gasteiger partial charge in [-0.05, 0) is 10.0 Å². The highest BCUT2D eigenvalue weighted by Crippen LogP contribution is 2.13. The number of nitrogens with zero attached hydrogens (tertiary/aromatic N) is 4. The third-order valence-electron chi connectivity index (χ3n) is 1.03. The lowest BCUT2D eigenvalue weighted by Crippen LogP contribution is -1.96. The Balaban J connectivity index is 3.12. The lowest BCUT2D eigenvalue weighted by Gasteiger charge is -1.89. The van der Waals surface area contributed by atoms with Gasteiger partial charge in [-0.2, -0.15) is 0 Å². The zero-order valence-corrected chi connectivity index (χ0v) is 5.58. The van der Waals surface area contributed by atoms with Gasteiger partial charge in [0.05, 0.1) is 10.0 Å². The summed E-state index contributed by atoms with van der Waals surface area (Å²) in [4.78, 5) is 18.5. The van der Waals surface area contributed by atoms with Gasteiger partial charge >= 0.3 is 5.82 Å². The van der Waals surface area contributed by atoms with Gasteiger partial charge in [-0.15, -0.1) is 0 Å². The summed E-state index contributed by atoms with van der Waals surface area (Å²) >= 11 is 0. The van der Waals surface area contributed by atoms with Crippen molar-refractivity contribution in [1.82, 2.24) is 10.2 Å². The maximum Gasteiger partial charge on any atom is 0.397 e. The first-order chi connectivity index (χ1) is 5.61. The van der Waals surface area contributed by atoms with Crippen molar-refractivity contribution >= 4 is 11.5 Å². The molecule has 1 aromatic rings. The van der Waals surface area contributed by atoms with E-state index in [1.807, 2.05) is 0 Å². The molecule has 1 aromatic heterocycles. The Hall–Kier alpha value is -2.12. The van der Waals surface area contributed by atoms with Crippen molar-refractivity contribution in [1.29, 1.82) is 0 Å². The van der Waals surface area contributed by atoms with Crippen molar-refractivity contribution in [3.8, 4) is 0 Å². The smallest absolute Gasteiger partial charge is 0.358 e. The van der Waals surface area contributed by atoms with Gasteiger partial charge in [0.1, 0.15) is 6.07 Å². The lowest BCUT2D eigenvalue weighted by atomic mass is 10.5. The van der Waals surface area contributed by atoms with E-state index in [9.17, 15) is 20.2 Å². The van der Waals surface area contributed by atoms with E-state index in [2.05, 4.69) is 10.2 Å². The summed E-state index contributed by atoms with van der Waals surface area (Å²) in [6, 6.07) is 0.743. The van der Waals surface area contributed by atoms with E-state index < -0.39 is 21.4 Å². The molecule has 8 nitrogen and oxygen atoms in total. The fourth-order valence-corrected chi connectivity index (χ4v) is 0.535. The van der Waals surface area contributed by atoms with E-state index in [0.29, 0.717) is 0 Å². The van der Waals surface area contributed by atoms with Crippen LogP contribution >= 0.6 is 0 Å². The summed E-state index contributed by atoms with van der Waals surface area (Å²) in [5.41, 5.74) is -0.447. The van der Waals surface area contributed by atoms with E-state index in [4.69, 9.17) is 0 Å². The van der Waals surface area contributed by atoms with Crippen molar-refractivity contribution in [2.75, 3.05) is 0 Å². The second-order valence-corrected chi connectivity index (χ2v) is 1.79. The second kappa shape index (κ2) is 2.86. The highest BCUT2D eigenvalue weighted by molar-refractivity contribution is 5.32. The fraction of sp³-hybridized carbons (Fsp3) is 0. The molecule has 0 aliphatic rings. The van der Waals surface area contributed by atoms with Crippen LogP contribution in [0.2, 0.25) is 0 Å². The highest BCUT2D eigenvalue weighted by Gasteiger charge is 2.15. The summed E-state index contributed by atoms with van der Waals surface area (Å²) in [6.07, 6.45) is 0.840. The molecule has 0 radical (unpaired) electrons. The number of rotatable bonds is 2. The number of aromatic nitrogens is 2. The van der Waals surface area contributed by atoms with Gasteiger partial charge in [-0.1, -0.05) is 0 Å². The van der Waals surface area contributed by atoms with Crippen LogP contribution in [0.4, 0.5) is 11.5 Å². The number of hydrogen-bond acceptors (Lipinski definition) is 6. The Bertz CT molecular complexity index is 308. The van der Waals surface area contributed by atoms with Gasteiger partial charge in [0.25, 0.3) is 5.69 Å². The molecule has 12 heavy (non-hydrogen) atoms. The number of hydrogen-bond donors (Lipinski definition) is 0. The van der Waals surface area contributed by atoms with Crippen LogP contribution in [-0.2, 0) is 0 Å². The van der Waals surface area contributed by atoms with Gasteiger partial charge in [-0.25, -0.2) is 0 Å². The molecule has 1 rings (SSSR count). The van der Waals surface area contributed by atoms with Crippen molar-refractivity contribution < 1.29 is 9.85 Å². The molecule has 0 fully saturated rings. The summed E-state index contributed by atoms with van der Waals surface area (Å²) in [5.74, 6) is -0.635. The minimum atomic E-state index is -0.847. The molecular weight excluding hydrogens is 168 g/mol. The van der Waals surface area contributed by atoms with Crippen LogP contribution in [-0.4, -0.2) is 20.0 Å². The van der Waals surface area contributed by atoms with Crippen LogP contribution in [0.3, 0.4) is 0 Å². The van der Waals surface area contributed by atoms with Crippen LogP contribution in [0.1, 0.15) is 0 Å². The summed E-state index contributed by atoms with van der Waals surface area (Å²) in [7, 11) is 0.